The van der Waals surface area contributed by atoms with E-state index in [0.717, 1.165) is 9.87 Å². The Labute approximate surface area is 112 Å². The number of rotatable bonds is 7. The first-order valence-corrected chi connectivity index (χ1v) is 7.23. The minimum atomic E-state index is -3.67. The highest BCUT2D eigenvalue weighted by Gasteiger charge is 2.23. The van der Waals surface area contributed by atoms with E-state index in [9.17, 15) is 13.2 Å². The quantitative estimate of drug-likeness (QED) is 0.742. The molecule has 1 rings (SSSR count). The second-order valence-electron chi connectivity index (χ2n) is 3.92. The molecule has 0 bridgehead atoms. The maximum atomic E-state index is 12.0. The van der Waals surface area contributed by atoms with Crippen molar-refractivity contribution in [2.45, 2.75) is 6.42 Å². The Kier molecular flexibility index (Phi) is 5.55. The molecule has 0 saturated heterocycles. The molecule has 0 amide bonds. The fraction of sp³-hybridized carbons (Fsp3) is 0.308. The lowest BCUT2D eigenvalue weighted by molar-refractivity contribution is -0.137. The molecular formula is C13H15NO4S. The molecule has 0 heterocycles. The van der Waals surface area contributed by atoms with Gasteiger partial charge < -0.3 is 5.11 Å². The molecule has 102 valence electrons. The average Bonchev–Trinajstić information content (AvgIpc) is 2.37. The summed E-state index contributed by atoms with van der Waals surface area (Å²) in [5.74, 6) is 0.777. The predicted molar refractivity (Wildman–Crippen MR) is 72.0 cm³/mol. The number of hydrogen-bond acceptors (Lipinski definition) is 3. The Morgan fingerprint density at radius 3 is 2.47 bits per heavy atom. The number of sulfonamides is 1. The number of carbonyl (C=O) groups is 1. The number of carboxylic acids is 1. The second-order valence-corrected chi connectivity index (χ2v) is 6.01. The second kappa shape index (κ2) is 6.92. The fourth-order valence-corrected chi connectivity index (χ4v) is 2.86. The SMILES string of the molecule is C#CCN(CC(=O)O)S(=O)(=O)CCc1ccccc1. The van der Waals surface area contributed by atoms with Crippen LogP contribution in [0.1, 0.15) is 5.56 Å². The largest absolute Gasteiger partial charge is 0.480 e. The molecule has 0 aromatic heterocycles. The van der Waals surface area contributed by atoms with Gasteiger partial charge in [-0.3, -0.25) is 4.79 Å². The average molecular weight is 281 g/mol. The van der Waals surface area contributed by atoms with E-state index in [1.165, 1.54) is 0 Å². The number of terminal acetylenes is 1. The Balaban J connectivity index is 2.72. The third-order valence-corrected chi connectivity index (χ3v) is 4.23. The molecule has 5 nitrogen and oxygen atoms in total. The topological polar surface area (TPSA) is 74.7 Å². The maximum Gasteiger partial charge on any atom is 0.318 e. The van der Waals surface area contributed by atoms with Gasteiger partial charge in [-0.1, -0.05) is 36.3 Å². The first-order chi connectivity index (χ1) is 8.95. The van der Waals surface area contributed by atoms with Gasteiger partial charge in [-0.2, -0.15) is 4.31 Å². The van der Waals surface area contributed by atoms with Crippen molar-refractivity contribution in [1.29, 1.82) is 0 Å². The molecule has 0 spiro atoms. The summed E-state index contributed by atoms with van der Waals surface area (Å²) in [5.41, 5.74) is 0.877. The fourth-order valence-electron chi connectivity index (χ4n) is 1.53. The highest BCUT2D eigenvalue weighted by molar-refractivity contribution is 7.89. The van der Waals surface area contributed by atoms with Crippen LogP contribution in [-0.2, 0) is 21.2 Å². The van der Waals surface area contributed by atoms with E-state index in [4.69, 9.17) is 11.5 Å². The Morgan fingerprint density at radius 2 is 1.95 bits per heavy atom. The summed E-state index contributed by atoms with van der Waals surface area (Å²) in [6.07, 6.45) is 5.38. The van der Waals surface area contributed by atoms with Gasteiger partial charge in [-0.15, -0.1) is 6.42 Å². The number of carboxylic acid groups (broad SMARTS) is 1. The third kappa shape index (κ3) is 5.12. The molecule has 1 aromatic rings. The van der Waals surface area contributed by atoms with Crippen LogP contribution in [0.5, 0.6) is 0 Å². The van der Waals surface area contributed by atoms with Gasteiger partial charge in [0.25, 0.3) is 0 Å². The molecule has 0 aliphatic heterocycles. The summed E-state index contributed by atoms with van der Waals surface area (Å²) >= 11 is 0. The number of aryl methyl sites for hydroxylation is 1. The van der Waals surface area contributed by atoms with Crippen LogP contribution in [-0.4, -0.2) is 42.6 Å². The van der Waals surface area contributed by atoms with E-state index in [2.05, 4.69) is 5.92 Å². The molecule has 6 heteroatoms. The number of benzene rings is 1. The van der Waals surface area contributed by atoms with E-state index >= 15 is 0 Å². The van der Waals surface area contributed by atoms with Crippen LogP contribution in [0.15, 0.2) is 30.3 Å². The van der Waals surface area contributed by atoms with Crippen molar-refractivity contribution in [3.63, 3.8) is 0 Å². The van der Waals surface area contributed by atoms with Crippen LogP contribution >= 0.6 is 0 Å². The standard InChI is InChI=1S/C13H15NO4S/c1-2-9-14(11-13(15)16)19(17,18)10-8-12-6-4-3-5-7-12/h1,3-7H,8-11H2,(H,15,16). The van der Waals surface area contributed by atoms with Gasteiger partial charge in [-0.05, 0) is 12.0 Å². The summed E-state index contributed by atoms with van der Waals surface area (Å²) in [4.78, 5) is 10.6. The van der Waals surface area contributed by atoms with E-state index in [1.807, 2.05) is 30.3 Å². The maximum absolute atomic E-state index is 12.0. The molecule has 1 aromatic carbocycles. The first kappa shape index (κ1) is 15.2. The molecule has 1 N–H and O–H groups in total. The van der Waals surface area contributed by atoms with Crippen molar-refractivity contribution in [1.82, 2.24) is 4.31 Å². The van der Waals surface area contributed by atoms with Crippen LogP contribution in [0.4, 0.5) is 0 Å². The normalized spacial score (nSPS) is 11.2. The van der Waals surface area contributed by atoms with Crippen molar-refractivity contribution in [2.75, 3.05) is 18.8 Å². The molecular weight excluding hydrogens is 266 g/mol. The lowest BCUT2D eigenvalue weighted by atomic mass is 10.2. The van der Waals surface area contributed by atoms with Gasteiger partial charge >= 0.3 is 5.97 Å². The van der Waals surface area contributed by atoms with E-state index < -0.39 is 22.5 Å². The van der Waals surface area contributed by atoms with Crippen molar-refractivity contribution >= 4 is 16.0 Å². The van der Waals surface area contributed by atoms with Gasteiger partial charge in [0.05, 0.1) is 12.3 Å². The van der Waals surface area contributed by atoms with Crippen molar-refractivity contribution in [3.05, 3.63) is 35.9 Å². The summed E-state index contributed by atoms with van der Waals surface area (Å²) < 4.78 is 24.8. The summed E-state index contributed by atoms with van der Waals surface area (Å²) in [6.45, 7) is -0.843. The molecule has 0 saturated carbocycles. The van der Waals surface area contributed by atoms with Gasteiger partial charge in [-0.25, -0.2) is 8.42 Å². The van der Waals surface area contributed by atoms with Gasteiger partial charge in [0, 0.05) is 0 Å². The lowest BCUT2D eigenvalue weighted by Gasteiger charge is -2.17. The van der Waals surface area contributed by atoms with Crippen molar-refractivity contribution in [3.8, 4) is 12.3 Å². The van der Waals surface area contributed by atoms with E-state index in [0.29, 0.717) is 6.42 Å². The molecule has 0 unspecified atom stereocenters. The molecule has 0 atom stereocenters. The zero-order valence-electron chi connectivity index (χ0n) is 10.3. The smallest absolute Gasteiger partial charge is 0.318 e. The minimum Gasteiger partial charge on any atom is -0.480 e. The zero-order valence-corrected chi connectivity index (χ0v) is 11.1. The highest BCUT2D eigenvalue weighted by Crippen LogP contribution is 2.06. The zero-order chi connectivity index (χ0) is 14.3. The van der Waals surface area contributed by atoms with Gasteiger partial charge in [0.1, 0.15) is 6.54 Å². The van der Waals surface area contributed by atoms with Gasteiger partial charge in [0.2, 0.25) is 10.0 Å². The Hall–Kier alpha value is -1.84. The molecule has 0 fully saturated rings. The van der Waals surface area contributed by atoms with Crippen LogP contribution < -0.4 is 0 Å². The molecule has 19 heavy (non-hydrogen) atoms. The number of hydrogen-bond donors (Lipinski definition) is 1. The summed E-state index contributed by atoms with van der Waals surface area (Å²) in [5, 5.41) is 8.68. The van der Waals surface area contributed by atoms with Crippen molar-refractivity contribution in [2.24, 2.45) is 0 Å². The lowest BCUT2D eigenvalue weighted by Crippen LogP contribution is -2.37. The van der Waals surface area contributed by atoms with Gasteiger partial charge in [0.15, 0.2) is 0 Å². The summed E-state index contributed by atoms with van der Waals surface area (Å²) in [6, 6.07) is 9.11. The predicted octanol–water partition coefficient (Wildman–Crippen LogP) is 0.579. The molecule has 0 radical (unpaired) electrons. The van der Waals surface area contributed by atoms with Crippen LogP contribution in [0, 0.1) is 12.3 Å². The molecule has 0 aliphatic rings. The monoisotopic (exact) mass is 281 g/mol. The third-order valence-electron chi connectivity index (χ3n) is 2.46. The van der Waals surface area contributed by atoms with Crippen LogP contribution in [0.2, 0.25) is 0 Å². The van der Waals surface area contributed by atoms with E-state index in [1.54, 1.807) is 0 Å². The number of nitrogens with zero attached hydrogens (tertiary/aromatic N) is 1. The minimum absolute atomic E-state index is 0.161. The Bertz CT molecular complexity index is 560. The van der Waals surface area contributed by atoms with Crippen LogP contribution in [0.25, 0.3) is 0 Å². The Morgan fingerprint density at radius 1 is 1.32 bits per heavy atom. The highest BCUT2D eigenvalue weighted by atomic mass is 32.2. The molecule has 0 aliphatic carbocycles. The van der Waals surface area contributed by atoms with Crippen molar-refractivity contribution < 1.29 is 18.3 Å². The van der Waals surface area contributed by atoms with E-state index in [-0.39, 0.29) is 12.3 Å². The van der Waals surface area contributed by atoms with Crippen LogP contribution in [0.3, 0.4) is 0 Å². The summed E-state index contributed by atoms with van der Waals surface area (Å²) in [7, 11) is -3.67. The first-order valence-electron chi connectivity index (χ1n) is 5.62. The number of aliphatic carboxylic acids is 1.